The van der Waals surface area contributed by atoms with Crippen LogP contribution in [-0.4, -0.2) is 112 Å². The molecule has 3 amide bonds. The van der Waals surface area contributed by atoms with Crippen LogP contribution in [0.25, 0.3) is 0 Å². The number of likely N-dealkylation sites (N-methyl/N-ethyl adjacent to an activating group) is 1. The Hall–Kier alpha value is -1.88. The van der Waals surface area contributed by atoms with E-state index in [0.29, 0.717) is 13.1 Å². The van der Waals surface area contributed by atoms with Gasteiger partial charge in [0.05, 0.1) is 31.2 Å². The molecule has 0 aliphatic carbocycles. The van der Waals surface area contributed by atoms with E-state index in [-0.39, 0.29) is 36.4 Å². The summed E-state index contributed by atoms with van der Waals surface area (Å²) in [5.41, 5.74) is 0. The Morgan fingerprint density at radius 2 is 1.80 bits per heavy atom. The molecule has 142 valence electrons. The minimum absolute atomic E-state index is 0.0768. The van der Waals surface area contributed by atoms with Crippen LogP contribution in [-0.2, 0) is 24.2 Å². The average Bonchev–Trinajstić information content (AvgIpc) is 2.87. The van der Waals surface area contributed by atoms with Crippen LogP contribution in [0.4, 0.5) is 4.79 Å². The van der Waals surface area contributed by atoms with Gasteiger partial charge in [-0.3, -0.25) is 14.5 Å². The van der Waals surface area contributed by atoms with Gasteiger partial charge in [0, 0.05) is 33.2 Å². The van der Waals surface area contributed by atoms with Crippen LogP contribution in [0, 0.1) is 0 Å². The van der Waals surface area contributed by atoms with Crippen molar-refractivity contribution in [1.82, 2.24) is 20.0 Å². The van der Waals surface area contributed by atoms with E-state index in [4.69, 9.17) is 0 Å². The van der Waals surface area contributed by atoms with E-state index in [2.05, 4.69) is 10.1 Å². The summed E-state index contributed by atoms with van der Waals surface area (Å²) in [5, 5.41) is 2.31. The molecule has 0 spiro atoms. The summed E-state index contributed by atoms with van der Waals surface area (Å²) in [6.45, 7) is 0.567. The number of nitrogens with one attached hydrogen (secondary N) is 1. The Labute approximate surface area is 147 Å². The lowest BCUT2D eigenvalue weighted by Crippen LogP contribution is -2.62. The number of carbonyl (C=O) groups is 3. The lowest BCUT2D eigenvalue weighted by Gasteiger charge is -2.43. The molecule has 0 saturated carbocycles. The highest BCUT2D eigenvalue weighted by Crippen LogP contribution is 2.27. The first-order valence-electron chi connectivity index (χ1n) is 7.90. The minimum atomic E-state index is -3.29. The van der Waals surface area contributed by atoms with Gasteiger partial charge in [-0.05, 0) is 0 Å². The number of fused-ring (bicyclic) bond motifs is 1. The Bertz CT molecular complexity index is 650. The first-order valence-corrected chi connectivity index (χ1v) is 9.72. The Morgan fingerprint density at radius 1 is 1.16 bits per heavy atom. The highest BCUT2D eigenvalue weighted by Gasteiger charge is 2.48. The van der Waals surface area contributed by atoms with Gasteiger partial charge in [-0.25, -0.2) is 13.2 Å². The number of alkyl carbamates (subject to hydrolysis) is 1. The highest BCUT2D eigenvalue weighted by atomic mass is 32.2. The zero-order chi connectivity index (χ0) is 18.8. The molecule has 0 radical (unpaired) electrons. The van der Waals surface area contributed by atoms with Crippen LogP contribution in [0.3, 0.4) is 0 Å². The lowest BCUT2D eigenvalue weighted by atomic mass is 10.0. The van der Waals surface area contributed by atoms with Gasteiger partial charge in [-0.2, -0.15) is 0 Å². The van der Waals surface area contributed by atoms with Crippen LogP contribution < -0.4 is 5.32 Å². The van der Waals surface area contributed by atoms with E-state index < -0.39 is 28.0 Å². The van der Waals surface area contributed by atoms with Gasteiger partial charge in [0.1, 0.15) is 6.54 Å². The van der Waals surface area contributed by atoms with E-state index in [0.717, 1.165) is 0 Å². The maximum Gasteiger partial charge on any atom is 0.407 e. The topological polar surface area (TPSA) is 116 Å². The van der Waals surface area contributed by atoms with Crippen molar-refractivity contribution >= 4 is 27.7 Å². The third-order valence-electron chi connectivity index (χ3n) is 4.52. The Kier molecular flexibility index (Phi) is 5.88. The van der Waals surface area contributed by atoms with Crippen molar-refractivity contribution in [2.45, 2.75) is 12.1 Å². The van der Waals surface area contributed by atoms with E-state index in [1.165, 1.54) is 16.9 Å². The SMILES string of the molecule is COC(=O)NCC(=O)N1CCN(CC(=O)N(C)C)[C@@H]2CS(=O)(=O)C[C@@H]21. The number of rotatable bonds is 4. The summed E-state index contributed by atoms with van der Waals surface area (Å²) < 4.78 is 28.6. The van der Waals surface area contributed by atoms with E-state index in [1.807, 2.05) is 4.90 Å². The van der Waals surface area contributed by atoms with Crippen LogP contribution in [0.1, 0.15) is 0 Å². The molecule has 2 heterocycles. The number of hydrogen-bond donors (Lipinski definition) is 1. The van der Waals surface area contributed by atoms with Gasteiger partial charge in [-0.1, -0.05) is 0 Å². The van der Waals surface area contributed by atoms with Crippen molar-refractivity contribution < 1.29 is 27.5 Å². The number of hydrogen-bond acceptors (Lipinski definition) is 7. The molecular formula is C14H24N4O6S. The second kappa shape index (κ2) is 7.56. The smallest absolute Gasteiger partial charge is 0.407 e. The van der Waals surface area contributed by atoms with E-state index >= 15 is 0 Å². The molecular weight excluding hydrogens is 352 g/mol. The Balaban J connectivity index is 2.10. The molecule has 10 nitrogen and oxygen atoms in total. The largest absolute Gasteiger partial charge is 0.453 e. The summed E-state index contributed by atoms with van der Waals surface area (Å²) >= 11 is 0. The van der Waals surface area contributed by atoms with Crippen molar-refractivity contribution in [2.75, 3.05) is 58.9 Å². The van der Waals surface area contributed by atoms with Crippen molar-refractivity contribution in [3.63, 3.8) is 0 Å². The van der Waals surface area contributed by atoms with Gasteiger partial charge in [0.25, 0.3) is 0 Å². The van der Waals surface area contributed by atoms with E-state index in [1.54, 1.807) is 14.1 Å². The predicted molar refractivity (Wildman–Crippen MR) is 88.6 cm³/mol. The molecule has 2 rings (SSSR count). The zero-order valence-electron chi connectivity index (χ0n) is 14.6. The zero-order valence-corrected chi connectivity index (χ0v) is 15.4. The standard InChI is InChI=1S/C14H24N4O6S/c1-16(2)13(20)7-17-4-5-18(12(19)6-15-14(21)24-3)11-9-25(22,23)8-10(11)17/h10-11H,4-9H2,1-3H3,(H,15,21)/t10-,11+/m1/s1. The predicted octanol–water partition coefficient (Wildman–Crippen LogP) is -2.26. The molecule has 2 aliphatic heterocycles. The summed E-state index contributed by atoms with van der Waals surface area (Å²) in [4.78, 5) is 40.2. The van der Waals surface area contributed by atoms with Gasteiger partial charge in [-0.15, -0.1) is 0 Å². The van der Waals surface area contributed by atoms with Gasteiger partial charge in [0.2, 0.25) is 11.8 Å². The fourth-order valence-electron chi connectivity index (χ4n) is 3.17. The first-order chi connectivity index (χ1) is 11.6. The molecule has 0 bridgehead atoms. The number of nitrogens with zero attached hydrogens (tertiary/aromatic N) is 3. The summed E-state index contributed by atoms with van der Waals surface area (Å²) in [5.74, 6) is -0.688. The number of ether oxygens (including phenoxy) is 1. The molecule has 0 aromatic heterocycles. The van der Waals surface area contributed by atoms with Gasteiger partial charge in [0.15, 0.2) is 9.84 Å². The second-order valence-corrected chi connectivity index (χ2v) is 8.56. The van der Waals surface area contributed by atoms with Crippen molar-refractivity contribution in [2.24, 2.45) is 0 Å². The quantitative estimate of drug-likeness (QED) is 0.589. The van der Waals surface area contributed by atoms with Gasteiger partial charge >= 0.3 is 6.09 Å². The van der Waals surface area contributed by atoms with Crippen LogP contribution in [0.2, 0.25) is 0 Å². The molecule has 2 aliphatic rings. The lowest BCUT2D eigenvalue weighted by molar-refractivity contribution is -0.137. The average molecular weight is 376 g/mol. The molecule has 0 unspecified atom stereocenters. The highest BCUT2D eigenvalue weighted by molar-refractivity contribution is 7.91. The third kappa shape index (κ3) is 4.60. The van der Waals surface area contributed by atoms with Gasteiger partial charge < -0.3 is 19.9 Å². The summed E-state index contributed by atoms with van der Waals surface area (Å²) in [6.07, 6.45) is -0.723. The number of carbonyl (C=O) groups excluding carboxylic acids is 3. The van der Waals surface area contributed by atoms with Crippen molar-refractivity contribution in [3.8, 4) is 0 Å². The van der Waals surface area contributed by atoms with Crippen molar-refractivity contribution in [3.05, 3.63) is 0 Å². The number of sulfone groups is 1. The fraction of sp³-hybridized carbons (Fsp3) is 0.786. The van der Waals surface area contributed by atoms with E-state index in [9.17, 15) is 22.8 Å². The Morgan fingerprint density at radius 3 is 2.40 bits per heavy atom. The summed E-state index contributed by atoms with van der Waals surface area (Å²) in [6, 6.07) is -0.926. The van der Waals surface area contributed by atoms with Crippen LogP contribution >= 0.6 is 0 Å². The monoisotopic (exact) mass is 376 g/mol. The number of amides is 3. The molecule has 0 aromatic carbocycles. The maximum atomic E-state index is 12.4. The molecule has 2 fully saturated rings. The molecule has 0 aromatic rings. The molecule has 11 heteroatoms. The second-order valence-electron chi connectivity index (χ2n) is 6.40. The molecule has 25 heavy (non-hydrogen) atoms. The molecule has 1 N–H and O–H groups in total. The third-order valence-corrected chi connectivity index (χ3v) is 6.22. The van der Waals surface area contributed by atoms with Crippen LogP contribution in [0.15, 0.2) is 0 Å². The fourth-order valence-corrected chi connectivity index (χ4v) is 5.18. The van der Waals surface area contributed by atoms with Crippen LogP contribution in [0.5, 0.6) is 0 Å². The number of methoxy groups -OCH3 is 1. The molecule has 2 saturated heterocycles. The molecule has 2 atom stereocenters. The number of piperazine rings is 1. The summed E-state index contributed by atoms with van der Waals surface area (Å²) in [7, 11) is 1.19. The normalized spacial score (nSPS) is 25.2. The van der Waals surface area contributed by atoms with Crippen molar-refractivity contribution in [1.29, 1.82) is 0 Å². The maximum absolute atomic E-state index is 12.4. The first kappa shape index (κ1) is 19.4. The minimum Gasteiger partial charge on any atom is -0.453 e.